The van der Waals surface area contributed by atoms with Crippen LogP contribution in [0.2, 0.25) is 0 Å². The molecule has 1 unspecified atom stereocenters. The second kappa shape index (κ2) is 8.62. The van der Waals surface area contributed by atoms with Crippen molar-refractivity contribution in [1.29, 1.82) is 5.26 Å². The van der Waals surface area contributed by atoms with Crippen molar-refractivity contribution in [1.82, 2.24) is 0 Å². The first-order valence-electron chi connectivity index (χ1n) is 11.1. The lowest BCUT2D eigenvalue weighted by Gasteiger charge is -2.43. The molecule has 8 nitrogen and oxygen atoms in total. The number of nitrogens with zero attached hydrogens (tertiary/aromatic N) is 3. The molecule has 188 valence electrons. The number of hydrogen-bond donors (Lipinski definition) is 2. The van der Waals surface area contributed by atoms with Crippen molar-refractivity contribution in [2.24, 2.45) is 0 Å². The number of aliphatic hydroxyl groups is 2. The molecule has 1 aliphatic carbocycles. The highest BCUT2D eigenvalue weighted by molar-refractivity contribution is 7.81. The first kappa shape index (κ1) is 24.3. The SMILES string of the molecule is N#Cc1ccc(N2C(=O)C3(CCC3)N(c3ccc4c(c3)OC[C@H](C(O)CO)O4)C2=S)cc1C(F)(F)F. The molecule has 2 aromatic rings. The van der Waals surface area contributed by atoms with Crippen LogP contribution in [0.4, 0.5) is 24.5 Å². The Labute approximate surface area is 209 Å². The van der Waals surface area contributed by atoms with E-state index in [1.54, 1.807) is 23.1 Å². The maximum absolute atomic E-state index is 13.6. The lowest BCUT2D eigenvalue weighted by molar-refractivity contribution is -0.137. The average molecular weight is 520 g/mol. The third-order valence-corrected chi connectivity index (χ3v) is 7.13. The van der Waals surface area contributed by atoms with E-state index in [1.807, 2.05) is 0 Å². The molecule has 1 spiro atoms. The molecule has 2 heterocycles. The molecule has 36 heavy (non-hydrogen) atoms. The summed E-state index contributed by atoms with van der Waals surface area (Å²) in [4.78, 5) is 16.3. The van der Waals surface area contributed by atoms with Gasteiger partial charge >= 0.3 is 6.18 Å². The number of amides is 1. The van der Waals surface area contributed by atoms with E-state index in [0.717, 1.165) is 23.5 Å². The lowest BCUT2D eigenvalue weighted by Crippen LogP contribution is -2.55. The molecule has 0 radical (unpaired) electrons. The van der Waals surface area contributed by atoms with Crippen LogP contribution in [-0.2, 0) is 11.0 Å². The van der Waals surface area contributed by atoms with Crippen LogP contribution < -0.4 is 19.3 Å². The predicted octanol–water partition coefficient (Wildman–Crippen LogP) is 3.13. The minimum absolute atomic E-state index is 0.00964. The highest BCUT2D eigenvalue weighted by atomic mass is 32.1. The quantitative estimate of drug-likeness (QED) is 0.594. The molecule has 1 amide bonds. The zero-order valence-corrected chi connectivity index (χ0v) is 19.5. The summed E-state index contributed by atoms with van der Waals surface area (Å²) in [6.07, 6.45) is -4.99. The molecular weight excluding hydrogens is 499 g/mol. The Morgan fingerprint density at radius 2 is 1.92 bits per heavy atom. The van der Waals surface area contributed by atoms with E-state index < -0.39 is 47.6 Å². The fraction of sp³-hybridized carbons (Fsp3) is 0.375. The van der Waals surface area contributed by atoms with E-state index in [1.165, 1.54) is 12.1 Å². The Hall–Kier alpha value is -3.40. The third-order valence-electron chi connectivity index (χ3n) is 6.76. The van der Waals surface area contributed by atoms with Gasteiger partial charge in [0.15, 0.2) is 22.7 Å². The summed E-state index contributed by atoms with van der Waals surface area (Å²) in [6.45, 7) is -0.500. The summed E-state index contributed by atoms with van der Waals surface area (Å²) < 4.78 is 52.1. The lowest BCUT2D eigenvalue weighted by atomic mass is 9.75. The van der Waals surface area contributed by atoms with Crippen molar-refractivity contribution in [3.05, 3.63) is 47.5 Å². The Morgan fingerprint density at radius 3 is 2.53 bits per heavy atom. The van der Waals surface area contributed by atoms with Gasteiger partial charge in [-0.15, -0.1) is 0 Å². The summed E-state index contributed by atoms with van der Waals surface area (Å²) in [5.41, 5.74) is -2.29. The molecule has 12 heteroatoms. The molecule has 2 aromatic carbocycles. The van der Waals surface area contributed by atoms with Crippen molar-refractivity contribution in [2.75, 3.05) is 23.0 Å². The number of rotatable bonds is 4. The number of ether oxygens (including phenoxy) is 2. The maximum atomic E-state index is 13.6. The molecule has 2 atom stereocenters. The fourth-order valence-corrected chi connectivity index (χ4v) is 5.20. The summed E-state index contributed by atoms with van der Waals surface area (Å²) >= 11 is 5.63. The fourth-order valence-electron chi connectivity index (χ4n) is 4.73. The number of hydrogen-bond acceptors (Lipinski definition) is 7. The van der Waals surface area contributed by atoms with Crippen LogP contribution >= 0.6 is 12.2 Å². The number of aliphatic hydroxyl groups excluding tert-OH is 2. The van der Waals surface area contributed by atoms with Gasteiger partial charge in [-0.1, -0.05) is 0 Å². The minimum Gasteiger partial charge on any atom is -0.486 e. The summed E-state index contributed by atoms with van der Waals surface area (Å²) in [5, 5.41) is 28.1. The molecule has 0 aromatic heterocycles. The number of fused-ring (bicyclic) bond motifs is 1. The van der Waals surface area contributed by atoms with Gasteiger partial charge in [0.1, 0.15) is 18.2 Å². The molecule has 2 N–H and O–H groups in total. The van der Waals surface area contributed by atoms with Crippen LogP contribution in [0.25, 0.3) is 0 Å². The van der Waals surface area contributed by atoms with Gasteiger partial charge in [0.05, 0.1) is 29.5 Å². The Bertz CT molecular complexity index is 1290. The monoisotopic (exact) mass is 519 g/mol. The molecular formula is C24H20F3N3O5S. The van der Waals surface area contributed by atoms with Crippen LogP contribution in [-0.4, -0.2) is 52.2 Å². The molecule has 5 rings (SSSR count). The normalized spacial score (nSPS) is 21.4. The van der Waals surface area contributed by atoms with E-state index >= 15 is 0 Å². The largest absolute Gasteiger partial charge is 0.486 e. The van der Waals surface area contributed by atoms with Crippen LogP contribution in [0.3, 0.4) is 0 Å². The minimum atomic E-state index is -4.78. The van der Waals surface area contributed by atoms with Gasteiger partial charge in [-0.25, -0.2) is 0 Å². The topological polar surface area (TPSA) is 106 Å². The van der Waals surface area contributed by atoms with E-state index in [-0.39, 0.29) is 17.4 Å². The Balaban J connectivity index is 1.52. The molecule has 1 saturated heterocycles. The summed E-state index contributed by atoms with van der Waals surface area (Å²) in [6, 6.07) is 9.49. The Kier molecular flexibility index (Phi) is 5.82. The van der Waals surface area contributed by atoms with Gasteiger partial charge in [0, 0.05) is 11.8 Å². The number of nitriles is 1. The highest BCUT2D eigenvalue weighted by Crippen LogP contribution is 2.49. The Morgan fingerprint density at radius 1 is 1.19 bits per heavy atom. The van der Waals surface area contributed by atoms with Crippen molar-refractivity contribution in [2.45, 2.75) is 43.2 Å². The molecule has 3 aliphatic rings. The van der Waals surface area contributed by atoms with Gasteiger partial charge in [0.25, 0.3) is 5.91 Å². The highest BCUT2D eigenvalue weighted by Gasteiger charge is 2.59. The first-order valence-corrected chi connectivity index (χ1v) is 11.5. The number of thiocarbonyl (C=S) groups is 1. The van der Waals surface area contributed by atoms with Crippen LogP contribution in [0, 0.1) is 11.3 Å². The zero-order chi connectivity index (χ0) is 25.8. The first-order chi connectivity index (χ1) is 17.1. The average Bonchev–Trinajstić information content (AvgIpc) is 3.08. The van der Waals surface area contributed by atoms with Crippen molar-refractivity contribution >= 4 is 34.6 Å². The summed E-state index contributed by atoms with van der Waals surface area (Å²) in [5.74, 6) is 0.243. The number of halogens is 3. The van der Waals surface area contributed by atoms with E-state index in [2.05, 4.69) is 0 Å². The maximum Gasteiger partial charge on any atom is 0.417 e. The standard InChI is InChI=1S/C24H20F3N3O5S/c25-24(26,27)16-8-14(3-2-13(16)10-28)29-21(33)23(6-1-7-23)30(22(29)36)15-4-5-18-19(9-15)34-12-20(35-18)17(32)11-31/h2-5,8-9,17,20,31-32H,1,6-7,11-12H2/t17?,20-/m1/s1. The summed E-state index contributed by atoms with van der Waals surface area (Å²) in [7, 11) is 0. The van der Waals surface area contributed by atoms with Gasteiger partial charge < -0.3 is 24.6 Å². The number of alkyl halides is 3. The van der Waals surface area contributed by atoms with Crippen LogP contribution in [0.1, 0.15) is 30.4 Å². The van der Waals surface area contributed by atoms with Gasteiger partial charge in [-0.3, -0.25) is 9.69 Å². The van der Waals surface area contributed by atoms with E-state index in [0.29, 0.717) is 30.0 Å². The zero-order valence-electron chi connectivity index (χ0n) is 18.7. The van der Waals surface area contributed by atoms with Crippen LogP contribution in [0.15, 0.2) is 36.4 Å². The number of carbonyl (C=O) groups excluding carboxylic acids is 1. The number of benzene rings is 2. The van der Waals surface area contributed by atoms with Crippen molar-refractivity contribution in [3.8, 4) is 17.6 Å². The van der Waals surface area contributed by atoms with Crippen molar-refractivity contribution < 1.29 is 37.7 Å². The van der Waals surface area contributed by atoms with E-state index in [4.69, 9.17) is 32.1 Å². The second-order valence-corrected chi connectivity index (χ2v) is 9.20. The molecule has 2 fully saturated rings. The van der Waals surface area contributed by atoms with E-state index in [9.17, 15) is 23.1 Å². The smallest absolute Gasteiger partial charge is 0.417 e. The molecule has 0 bridgehead atoms. The van der Waals surface area contributed by atoms with Crippen molar-refractivity contribution in [3.63, 3.8) is 0 Å². The van der Waals surface area contributed by atoms with Crippen LogP contribution in [0.5, 0.6) is 11.5 Å². The second-order valence-electron chi connectivity index (χ2n) is 8.83. The number of anilines is 2. The number of carbonyl (C=O) groups is 1. The predicted molar refractivity (Wildman–Crippen MR) is 125 cm³/mol. The molecule has 1 saturated carbocycles. The van der Waals surface area contributed by atoms with Gasteiger partial charge in [-0.2, -0.15) is 18.4 Å². The third kappa shape index (κ3) is 3.66. The van der Waals surface area contributed by atoms with Gasteiger partial charge in [0.2, 0.25) is 0 Å². The molecule has 2 aliphatic heterocycles. The van der Waals surface area contributed by atoms with Gasteiger partial charge in [-0.05, 0) is 61.8 Å².